The van der Waals surface area contributed by atoms with E-state index in [1.165, 1.54) is 4.57 Å². The predicted octanol–water partition coefficient (Wildman–Crippen LogP) is 2.69. The third-order valence-electron chi connectivity index (χ3n) is 2.67. The maximum atomic E-state index is 11.8. The van der Waals surface area contributed by atoms with E-state index in [0.29, 0.717) is 17.3 Å². The normalized spacial score (nSPS) is 10.9. The van der Waals surface area contributed by atoms with Gasteiger partial charge in [0.2, 0.25) is 0 Å². The van der Waals surface area contributed by atoms with Crippen molar-refractivity contribution >= 4 is 22.7 Å². The van der Waals surface area contributed by atoms with Crippen LogP contribution in [0.2, 0.25) is 5.15 Å². The molecule has 5 heteroatoms. The first-order valence-electron chi connectivity index (χ1n) is 5.44. The van der Waals surface area contributed by atoms with E-state index in [2.05, 4.69) is 4.98 Å². The van der Waals surface area contributed by atoms with Crippen LogP contribution in [0.5, 0.6) is 0 Å². The van der Waals surface area contributed by atoms with Crippen LogP contribution < -0.4 is 5.76 Å². The summed E-state index contributed by atoms with van der Waals surface area (Å²) in [5.41, 5.74) is 2.05. The van der Waals surface area contributed by atoms with Crippen molar-refractivity contribution in [3.8, 4) is 0 Å². The molecule has 0 fully saturated rings. The van der Waals surface area contributed by atoms with E-state index in [1.807, 2.05) is 24.3 Å². The number of nitrogens with zero attached hydrogens (tertiary/aromatic N) is 2. The standard InChI is InChI=1S/C13H9ClN2O2/c14-12-7-3-4-9(15-12)8-16-10-5-1-2-6-11(10)18-13(16)17/h1-7H,8H2. The maximum Gasteiger partial charge on any atom is 0.420 e. The average molecular weight is 261 g/mol. The van der Waals surface area contributed by atoms with E-state index in [1.54, 1.807) is 18.2 Å². The summed E-state index contributed by atoms with van der Waals surface area (Å²) in [6.07, 6.45) is 0. The molecule has 0 aliphatic rings. The molecule has 18 heavy (non-hydrogen) atoms. The summed E-state index contributed by atoms with van der Waals surface area (Å²) in [5.74, 6) is -0.391. The summed E-state index contributed by atoms with van der Waals surface area (Å²) in [7, 11) is 0. The zero-order chi connectivity index (χ0) is 12.5. The lowest BCUT2D eigenvalue weighted by Crippen LogP contribution is -2.15. The molecule has 0 radical (unpaired) electrons. The van der Waals surface area contributed by atoms with Crippen LogP contribution in [0.15, 0.2) is 51.7 Å². The summed E-state index contributed by atoms with van der Waals surface area (Å²) in [5, 5.41) is 0.411. The zero-order valence-electron chi connectivity index (χ0n) is 9.34. The Kier molecular flexibility index (Phi) is 2.64. The highest BCUT2D eigenvalue weighted by Gasteiger charge is 2.09. The third kappa shape index (κ3) is 1.91. The van der Waals surface area contributed by atoms with Crippen LogP contribution >= 0.6 is 11.6 Å². The molecule has 0 atom stereocenters. The van der Waals surface area contributed by atoms with Gasteiger partial charge in [0, 0.05) is 0 Å². The molecule has 90 valence electrons. The van der Waals surface area contributed by atoms with E-state index in [4.69, 9.17) is 16.0 Å². The molecule has 0 bridgehead atoms. The first-order valence-corrected chi connectivity index (χ1v) is 5.81. The molecule has 0 unspecified atom stereocenters. The highest BCUT2D eigenvalue weighted by Crippen LogP contribution is 2.13. The van der Waals surface area contributed by atoms with Crippen LogP contribution in [0.1, 0.15) is 5.69 Å². The van der Waals surface area contributed by atoms with Gasteiger partial charge in [-0.3, -0.25) is 4.57 Å². The summed E-state index contributed by atoms with van der Waals surface area (Å²) in [4.78, 5) is 15.9. The Labute approximate surface area is 107 Å². The molecule has 0 saturated carbocycles. The van der Waals surface area contributed by atoms with Gasteiger partial charge < -0.3 is 4.42 Å². The lowest BCUT2D eigenvalue weighted by atomic mass is 10.3. The third-order valence-corrected chi connectivity index (χ3v) is 2.88. The number of benzene rings is 1. The van der Waals surface area contributed by atoms with Crippen molar-refractivity contribution in [3.05, 3.63) is 63.9 Å². The molecule has 0 saturated heterocycles. The molecular weight excluding hydrogens is 252 g/mol. The molecule has 4 nitrogen and oxygen atoms in total. The Bertz CT molecular complexity index is 761. The van der Waals surface area contributed by atoms with Crippen LogP contribution in [0.3, 0.4) is 0 Å². The molecular formula is C13H9ClN2O2. The monoisotopic (exact) mass is 260 g/mol. The molecule has 0 N–H and O–H groups in total. The van der Waals surface area contributed by atoms with Gasteiger partial charge in [0.1, 0.15) is 5.15 Å². The largest absolute Gasteiger partial charge is 0.420 e. The minimum absolute atomic E-state index is 0.344. The highest BCUT2D eigenvalue weighted by atomic mass is 35.5. The Morgan fingerprint density at radius 1 is 1.17 bits per heavy atom. The number of halogens is 1. The summed E-state index contributed by atoms with van der Waals surface area (Å²) in [6, 6.07) is 12.6. The second-order valence-electron chi connectivity index (χ2n) is 3.87. The van der Waals surface area contributed by atoms with Crippen LogP contribution in [-0.4, -0.2) is 9.55 Å². The van der Waals surface area contributed by atoms with Crippen molar-refractivity contribution in [1.82, 2.24) is 9.55 Å². The van der Waals surface area contributed by atoms with Crippen molar-refractivity contribution in [1.29, 1.82) is 0 Å². The van der Waals surface area contributed by atoms with E-state index in [-0.39, 0.29) is 0 Å². The number of oxazole rings is 1. The lowest BCUT2D eigenvalue weighted by molar-refractivity contribution is 0.516. The highest BCUT2D eigenvalue weighted by molar-refractivity contribution is 6.29. The van der Waals surface area contributed by atoms with Gasteiger partial charge in [-0.15, -0.1) is 0 Å². The Balaban J connectivity index is 2.10. The maximum absolute atomic E-state index is 11.8. The van der Waals surface area contributed by atoms with Gasteiger partial charge in [0.15, 0.2) is 5.58 Å². The molecule has 2 heterocycles. The Hall–Kier alpha value is -2.07. The van der Waals surface area contributed by atoms with E-state index in [0.717, 1.165) is 11.2 Å². The molecule has 2 aromatic heterocycles. The minimum atomic E-state index is -0.391. The fraction of sp³-hybridized carbons (Fsp3) is 0.0769. The smallest absolute Gasteiger partial charge is 0.408 e. The SMILES string of the molecule is O=c1oc2ccccc2n1Cc1cccc(Cl)n1. The topological polar surface area (TPSA) is 48.0 Å². The Morgan fingerprint density at radius 2 is 2.00 bits per heavy atom. The van der Waals surface area contributed by atoms with Crippen LogP contribution in [0.4, 0.5) is 0 Å². The summed E-state index contributed by atoms with van der Waals surface area (Å²) >= 11 is 5.82. The average Bonchev–Trinajstić information content (AvgIpc) is 2.66. The summed E-state index contributed by atoms with van der Waals surface area (Å²) in [6.45, 7) is 0.344. The van der Waals surface area contributed by atoms with Gasteiger partial charge in [-0.2, -0.15) is 0 Å². The second-order valence-corrected chi connectivity index (χ2v) is 4.26. The van der Waals surface area contributed by atoms with Crippen LogP contribution in [-0.2, 0) is 6.54 Å². The number of hydrogen-bond donors (Lipinski definition) is 0. The van der Waals surface area contributed by atoms with Gasteiger partial charge in [-0.1, -0.05) is 29.8 Å². The van der Waals surface area contributed by atoms with Crippen molar-refractivity contribution in [2.24, 2.45) is 0 Å². The van der Waals surface area contributed by atoms with Crippen molar-refractivity contribution in [2.75, 3.05) is 0 Å². The predicted molar refractivity (Wildman–Crippen MR) is 68.8 cm³/mol. The molecule has 3 aromatic rings. The van der Waals surface area contributed by atoms with Gasteiger partial charge in [0.05, 0.1) is 17.8 Å². The van der Waals surface area contributed by atoms with Gasteiger partial charge in [-0.25, -0.2) is 9.78 Å². The number of rotatable bonds is 2. The van der Waals surface area contributed by atoms with Crippen molar-refractivity contribution in [3.63, 3.8) is 0 Å². The van der Waals surface area contributed by atoms with Crippen LogP contribution in [0.25, 0.3) is 11.1 Å². The molecule has 0 aliphatic heterocycles. The molecule has 0 aliphatic carbocycles. The first-order chi connectivity index (χ1) is 8.74. The summed E-state index contributed by atoms with van der Waals surface area (Å²) < 4.78 is 6.68. The fourth-order valence-corrected chi connectivity index (χ4v) is 2.05. The fourth-order valence-electron chi connectivity index (χ4n) is 1.86. The van der Waals surface area contributed by atoms with Crippen molar-refractivity contribution in [2.45, 2.75) is 6.54 Å². The minimum Gasteiger partial charge on any atom is -0.408 e. The number of fused-ring (bicyclic) bond motifs is 1. The first kappa shape index (κ1) is 11.0. The molecule has 3 rings (SSSR count). The number of pyridine rings is 1. The van der Waals surface area contributed by atoms with Gasteiger partial charge in [0.25, 0.3) is 0 Å². The van der Waals surface area contributed by atoms with E-state index < -0.39 is 5.76 Å². The van der Waals surface area contributed by atoms with E-state index in [9.17, 15) is 4.79 Å². The molecule has 1 aromatic carbocycles. The second kappa shape index (κ2) is 4.31. The van der Waals surface area contributed by atoms with E-state index >= 15 is 0 Å². The van der Waals surface area contributed by atoms with Gasteiger partial charge >= 0.3 is 5.76 Å². The molecule has 0 amide bonds. The van der Waals surface area contributed by atoms with Crippen molar-refractivity contribution < 1.29 is 4.42 Å². The van der Waals surface area contributed by atoms with Gasteiger partial charge in [-0.05, 0) is 24.3 Å². The quantitative estimate of drug-likeness (QED) is 0.666. The number of para-hydroxylation sites is 2. The lowest BCUT2D eigenvalue weighted by Gasteiger charge is -2.01. The molecule has 0 spiro atoms. The number of aromatic nitrogens is 2. The van der Waals surface area contributed by atoms with Crippen LogP contribution in [0, 0.1) is 0 Å². The number of hydrogen-bond acceptors (Lipinski definition) is 3. The zero-order valence-corrected chi connectivity index (χ0v) is 10.1. The Morgan fingerprint density at radius 3 is 2.83 bits per heavy atom.